The molecule has 11 heavy (non-hydrogen) atoms. The number of rotatable bonds is 1. The van der Waals surface area contributed by atoms with Gasteiger partial charge in [-0.1, -0.05) is 22.9 Å². The molecule has 0 aromatic rings. The highest BCUT2D eigenvalue weighted by atomic mass is 79.9. The first-order chi connectivity index (χ1) is 5.24. The molecule has 1 unspecified atom stereocenters. The normalized spacial score (nSPS) is 28.5. The van der Waals surface area contributed by atoms with E-state index >= 15 is 0 Å². The third-order valence-corrected chi connectivity index (χ3v) is 3.14. The van der Waals surface area contributed by atoms with Crippen molar-refractivity contribution in [2.45, 2.75) is 24.6 Å². The van der Waals surface area contributed by atoms with Crippen molar-refractivity contribution in [3.05, 3.63) is 0 Å². The van der Waals surface area contributed by atoms with Gasteiger partial charge in [0, 0.05) is 13.0 Å². The van der Waals surface area contributed by atoms with E-state index in [4.69, 9.17) is 0 Å². The molecular formula is C8H14BrNO. The average molecular weight is 220 g/mol. The molecule has 1 aliphatic heterocycles. The molecule has 0 spiro atoms. The van der Waals surface area contributed by atoms with Gasteiger partial charge in [-0.15, -0.1) is 0 Å². The lowest BCUT2D eigenvalue weighted by atomic mass is 10.2. The number of nitrogens with zero attached hydrogens (tertiary/aromatic N) is 1. The third kappa shape index (κ3) is 2.56. The molecular weight excluding hydrogens is 206 g/mol. The van der Waals surface area contributed by atoms with Crippen molar-refractivity contribution in [1.82, 2.24) is 4.90 Å². The number of halogens is 1. The van der Waals surface area contributed by atoms with Gasteiger partial charge in [0.05, 0.1) is 4.83 Å². The summed E-state index contributed by atoms with van der Waals surface area (Å²) in [4.78, 5) is 13.6. The Morgan fingerprint density at radius 3 is 3.00 bits per heavy atom. The minimum absolute atomic E-state index is 0.110. The summed E-state index contributed by atoms with van der Waals surface area (Å²) in [5.74, 6) is 0.362. The summed E-state index contributed by atoms with van der Waals surface area (Å²) in [6.07, 6.45) is 1.68. The maximum atomic E-state index is 11.2. The molecule has 0 aromatic carbocycles. The topological polar surface area (TPSA) is 20.3 Å². The molecule has 3 heteroatoms. The van der Waals surface area contributed by atoms with Crippen molar-refractivity contribution >= 4 is 21.7 Å². The largest absolute Gasteiger partial charge is 0.303 e. The highest BCUT2D eigenvalue weighted by Gasteiger charge is 2.20. The average Bonchev–Trinajstić information content (AvgIpc) is 2.16. The van der Waals surface area contributed by atoms with Crippen LogP contribution in [-0.4, -0.2) is 35.1 Å². The van der Waals surface area contributed by atoms with Crippen LogP contribution < -0.4 is 0 Å². The minimum Gasteiger partial charge on any atom is -0.303 e. The number of ketones is 1. The second kappa shape index (κ2) is 4.21. The number of hydrogen-bond donors (Lipinski definition) is 0. The molecule has 1 atom stereocenters. The Hall–Kier alpha value is 0.110. The fourth-order valence-corrected chi connectivity index (χ4v) is 1.74. The van der Waals surface area contributed by atoms with E-state index in [1.807, 2.05) is 0 Å². The van der Waals surface area contributed by atoms with Gasteiger partial charge in [0.1, 0.15) is 5.78 Å². The summed E-state index contributed by atoms with van der Waals surface area (Å²) < 4.78 is 0. The van der Waals surface area contributed by atoms with Crippen LogP contribution >= 0.6 is 15.9 Å². The summed E-state index contributed by atoms with van der Waals surface area (Å²) in [5, 5.41) is 0. The van der Waals surface area contributed by atoms with Crippen LogP contribution in [0.25, 0.3) is 0 Å². The zero-order chi connectivity index (χ0) is 8.27. The van der Waals surface area contributed by atoms with E-state index in [0.717, 1.165) is 26.1 Å². The van der Waals surface area contributed by atoms with Gasteiger partial charge in [0.15, 0.2) is 0 Å². The number of likely N-dealkylation sites (tertiary alicyclic amines) is 1. The van der Waals surface area contributed by atoms with Crippen LogP contribution in [0.1, 0.15) is 19.8 Å². The molecule has 0 aromatic heterocycles. The van der Waals surface area contributed by atoms with E-state index in [1.54, 1.807) is 0 Å². The maximum Gasteiger partial charge on any atom is 0.147 e. The second-order valence-corrected chi connectivity index (χ2v) is 4.01. The van der Waals surface area contributed by atoms with Gasteiger partial charge < -0.3 is 4.90 Å². The van der Waals surface area contributed by atoms with Gasteiger partial charge >= 0.3 is 0 Å². The molecule has 1 saturated heterocycles. The summed E-state index contributed by atoms with van der Waals surface area (Å²) in [7, 11) is 0. The molecule has 1 aliphatic rings. The van der Waals surface area contributed by atoms with E-state index < -0.39 is 0 Å². The van der Waals surface area contributed by atoms with E-state index in [0.29, 0.717) is 12.2 Å². The lowest BCUT2D eigenvalue weighted by Crippen LogP contribution is -2.24. The number of Topliss-reactive ketones (excluding diaryl/α,β-unsaturated/α-hetero) is 1. The predicted octanol–water partition coefficient (Wildman–Crippen LogP) is 1.43. The number of alkyl halides is 1. The van der Waals surface area contributed by atoms with Crippen molar-refractivity contribution in [2.24, 2.45) is 0 Å². The van der Waals surface area contributed by atoms with E-state index in [2.05, 4.69) is 27.8 Å². The molecule has 0 aliphatic carbocycles. The predicted molar refractivity (Wildman–Crippen MR) is 49.1 cm³/mol. The Balaban J connectivity index is 2.44. The molecule has 0 bridgehead atoms. The maximum absolute atomic E-state index is 11.2. The van der Waals surface area contributed by atoms with Gasteiger partial charge in [-0.05, 0) is 19.5 Å². The van der Waals surface area contributed by atoms with Crippen LogP contribution in [0.5, 0.6) is 0 Å². The molecule has 0 radical (unpaired) electrons. The van der Waals surface area contributed by atoms with Crippen LogP contribution in [0.3, 0.4) is 0 Å². The molecule has 2 nitrogen and oxygen atoms in total. The fraction of sp³-hybridized carbons (Fsp3) is 0.875. The fourth-order valence-electron chi connectivity index (χ4n) is 1.31. The Bertz CT molecular complexity index is 149. The van der Waals surface area contributed by atoms with Crippen molar-refractivity contribution in [3.63, 3.8) is 0 Å². The van der Waals surface area contributed by atoms with Crippen LogP contribution in [0.4, 0.5) is 0 Å². The number of carbonyl (C=O) groups excluding carboxylic acids is 1. The molecule has 0 amide bonds. The Morgan fingerprint density at radius 1 is 1.64 bits per heavy atom. The van der Waals surface area contributed by atoms with E-state index in [-0.39, 0.29) is 4.83 Å². The molecule has 1 rings (SSSR count). The SMILES string of the molecule is CCN1CCC(=O)C(Br)CC1. The zero-order valence-corrected chi connectivity index (χ0v) is 8.43. The number of carbonyl (C=O) groups is 1. The molecule has 1 fully saturated rings. The van der Waals surface area contributed by atoms with Crippen LogP contribution in [0, 0.1) is 0 Å². The summed E-state index contributed by atoms with van der Waals surface area (Å²) in [6, 6.07) is 0. The second-order valence-electron chi connectivity index (χ2n) is 2.91. The Morgan fingerprint density at radius 2 is 2.36 bits per heavy atom. The van der Waals surface area contributed by atoms with Crippen LogP contribution in [-0.2, 0) is 4.79 Å². The quantitative estimate of drug-likeness (QED) is 0.623. The van der Waals surface area contributed by atoms with Gasteiger partial charge in [-0.25, -0.2) is 0 Å². The van der Waals surface area contributed by atoms with Crippen molar-refractivity contribution < 1.29 is 4.79 Å². The van der Waals surface area contributed by atoms with E-state index in [9.17, 15) is 4.79 Å². The zero-order valence-electron chi connectivity index (χ0n) is 6.85. The van der Waals surface area contributed by atoms with Crippen molar-refractivity contribution in [2.75, 3.05) is 19.6 Å². The minimum atomic E-state index is 0.110. The molecule has 0 N–H and O–H groups in total. The third-order valence-electron chi connectivity index (χ3n) is 2.17. The van der Waals surface area contributed by atoms with Crippen molar-refractivity contribution in [1.29, 1.82) is 0 Å². The smallest absolute Gasteiger partial charge is 0.147 e. The van der Waals surface area contributed by atoms with Gasteiger partial charge in [-0.2, -0.15) is 0 Å². The summed E-state index contributed by atoms with van der Waals surface area (Å²) in [6.45, 7) is 5.20. The monoisotopic (exact) mass is 219 g/mol. The van der Waals surface area contributed by atoms with Crippen LogP contribution in [0.15, 0.2) is 0 Å². The first kappa shape index (κ1) is 9.20. The van der Waals surface area contributed by atoms with Gasteiger partial charge in [0.2, 0.25) is 0 Å². The Labute approximate surface area is 76.1 Å². The molecule has 0 saturated carbocycles. The lowest BCUT2D eigenvalue weighted by Gasteiger charge is -2.15. The van der Waals surface area contributed by atoms with Gasteiger partial charge in [0.25, 0.3) is 0 Å². The molecule has 64 valence electrons. The highest BCUT2D eigenvalue weighted by molar-refractivity contribution is 9.10. The van der Waals surface area contributed by atoms with E-state index in [1.165, 1.54) is 0 Å². The summed E-state index contributed by atoms with van der Waals surface area (Å²) in [5.41, 5.74) is 0. The van der Waals surface area contributed by atoms with Crippen LogP contribution in [0.2, 0.25) is 0 Å². The molecule has 1 heterocycles. The standard InChI is InChI=1S/C8H14BrNO/c1-2-10-5-3-7(9)8(11)4-6-10/h7H,2-6H2,1H3. The lowest BCUT2D eigenvalue weighted by molar-refractivity contribution is -0.118. The van der Waals surface area contributed by atoms with Gasteiger partial charge in [-0.3, -0.25) is 4.79 Å². The summed E-state index contributed by atoms with van der Waals surface area (Å²) >= 11 is 3.38. The number of hydrogen-bond acceptors (Lipinski definition) is 2. The first-order valence-corrected chi connectivity index (χ1v) is 5.04. The first-order valence-electron chi connectivity index (χ1n) is 4.13. The Kier molecular flexibility index (Phi) is 3.52. The van der Waals surface area contributed by atoms with Crippen molar-refractivity contribution in [3.8, 4) is 0 Å². The highest BCUT2D eigenvalue weighted by Crippen LogP contribution is 2.14.